The Morgan fingerprint density at radius 3 is 2.60 bits per heavy atom. The molecule has 0 bridgehead atoms. The summed E-state index contributed by atoms with van der Waals surface area (Å²) in [5.74, 6) is 0. The molecule has 3 aromatic rings. The van der Waals surface area contributed by atoms with Crippen LogP contribution in [0.5, 0.6) is 0 Å². The highest BCUT2D eigenvalue weighted by molar-refractivity contribution is 7.10. The van der Waals surface area contributed by atoms with Gasteiger partial charge in [0.2, 0.25) is 0 Å². The summed E-state index contributed by atoms with van der Waals surface area (Å²) in [4.78, 5) is 1.32. The molecule has 2 atom stereocenters. The predicted octanol–water partition coefficient (Wildman–Crippen LogP) is 3.91. The highest BCUT2D eigenvalue weighted by Gasteiger charge is 2.18. The highest BCUT2D eigenvalue weighted by atomic mass is 32.1. The summed E-state index contributed by atoms with van der Waals surface area (Å²) < 4.78 is 0. The second-order valence-electron chi connectivity index (χ2n) is 4.76. The van der Waals surface area contributed by atoms with Gasteiger partial charge in [0.15, 0.2) is 0 Å². The largest absolute Gasteiger partial charge is 0.297 e. The lowest BCUT2D eigenvalue weighted by Gasteiger charge is -2.22. The first-order chi connectivity index (χ1) is 9.84. The molecule has 0 aliphatic heterocycles. The number of hydrogen-bond acceptors (Lipinski definition) is 3. The van der Waals surface area contributed by atoms with Gasteiger partial charge < -0.3 is 0 Å². The Kier molecular flexibility index (Phi) is 3.95. The van der Waals surface area contributed by atoms with Crippen molar-refractivity contribution < 1.29 is 0 Å². The Hall–Kier alpha value is -1.91. The summed E-state index contributed by atoms with van der Waals surface area (Å²) in [6.45, 7) is 2.15. The number of aromatic amines is 1. The molecule has 4 heteroatoms. The van der Waals surface area contributed by atoms with Gasteiger partial charge in [0.05, 0.1) is 11.7 Å². The molecule has 0 aliphatic carbocycles. The Labute approximate surface area is 122 Å². The average molecular weight is 283 g/mol. The topological polar surface area (TPSA) is 40.7 Å². The zero-order valence-electron chi connectivity index (χ0n) is 11.3. The van der Waals surface area contributed by atoms with E-state index in [9.17, 15) is 0 Å². The number of nitrogens with zero attached hydrogens (tertiary/aromatic N) is 1. The van der Waals surface area contributed by atoms with Crippen LogP contribution >= 0.6 is 11.3 Å². The van der Waals surface area contributed by atoms with Gasteiger partial charge in [-0.1, -0.05) is 36.4 Å². The number of aromatic nitrogens is 2. The summed E-state index contributed by atoms with van der Waals surface area (Å²) in [6.07, 6.45) is 1.79. The van der Waals surface area contributed by atoms with Crippen LogP contribution in [0.4, 0.5) is 0 Å². The fourth-order valence-electron chi connectivity index (χ4n) is 2.29. The quantitative estimate of drug-likeness (QED) is 0.745. The van der Waals surface area contributed by atoms with Crippen LogP contribution in [0.3, 0.4) is 0 Å². The molecule has 2 aromatic heterocycles. The molecule has 0 amide bonds. The average Bonchev–Trinajstić information content (AvgIpc) is 3.18. The standard InChI is InChI=1S/C16H17N3S/c1-12(14-9-10-17-19-14)18-16(15-8-5-11-20-15)13-6-3-2-4-7-13/h2-12,16,18H,1H3,(H,17,19). The Morgan fingerprint density at radius 2 is 1.95 bits per heavy atom. The first-order valence-electron chi connectivity index (χ1n) is 6.68. The van der Waals surface area contributed by atoms with Crippen LogP contribution in [0.1, 0.15) is 35.1 Å². The van der Waals surface area contributed by atoms with E-state index >= 15 is 0 Å². The second-order valence-corrected chi connectivity index (χ2v) is 5.74. The van der Waals surface area contributed by atoms with E-state index in [1.807, 2.05) is 12.1 Å². The van der Waals surface area contributed by atoms with Crippen molar-refractivity contribution in [2.45, 2.75) is 19.0 Å². The Balaban J connectivity index is 1.87. The molecule has 2 unspecified atom stereocenters. The Bertz CT molecular complexity index is 617. The number of rotatable bonds is 5. The van der Waals surface area contributed by atoms with Gasteiger partial charge >= 0.3 is 0 Å². The molecule has 1 aromatic carbocycles. The maximum absolute atomic E-state index is 4.02. The lowest BCUT2D eigenvalue weighted by atomic mass is 10.0. The number of H-pyrrole nitrogens is 1. The van der Waals surface area contributed by atoms with Gasteiger partial charge in [-0.25, -0.2) is 0 Å². The SMILES string of the molecule is CC(NC(c1ccccc1)c1cccs1)c1ccn[nH]1. The minimum atomic E-state index is 0.203. The molecular weight excluding hydrogens is 266 g/mol. The molecule has 0 fully saturated rings. The van der Waals surface area contributed by atoms with Gasteiger partial charge in [0.1, 0.15) is 0 Å². The number of benzene rings is 1. The Morgan fingerprint density at radius 1 is 1.10 bits per heavy atom. The fourth-order valence-corrected chi connectivity index (χ4v) is 3.10. The molecular formula is C16H17N3S. The van der Waals surface area contributed by atoms with Crippen molar-refractivity contribution in [2.24, 2.45) is 0 Å². The van der Waals surface area contributed by atoms with E-state index in [4.69, 9.17) is 0 Å². The molecule has 0 saturated heterocycles. The van der Waals surface area contributed by atoms with Gasteiger partial charge in [-0.15, -0.1) is 11.3 Å². The summed E-state index contributed by atoms with van der Waals surface area (Å²) in [5, 5.41) is 12.8. The van der Waals surface area contributed by atoms with E-state index in [1.54, 1.807) is 17.5 Å². The fraction of sp³-hybridized carbons (Fsp3) is 0.188. The van der Waals surface area contributed by atoms with Crippen molar-refractivity contribution >= 4 is 11.3 Å². The second kappa shape index (κ2) is 6.03. The van der Waals surface area contributed by atoms with Gasteiger partial charge in [-0.3, -0.25) is 10.4 Å². The zero-order chi connectivity index (χ0) is 13.8. The van der Waals surface area contributed by atoms with E-state index in [1.165, 1.54) is 10.4 Å². The first kappa shape index (κ1) is 13.1. The minimum absolute atomic E-state index is 0.203. The number of nitrogens with one attached hydrogen (secondary N) is 2. The third-order valence-corrected chi connectivity index (χ3v) is 4.30. The minimum Gasteiger partial charge on any atom is -0.297 e. The molecule has 3 rings (SSSR count). The van der Waals surface area contributed by atoms with E-state index < -0.39 is 0 Å². The van der Waals surface area contributed by atoms with Gasteiger partial charge in [0.25, 0.3) is 0 Å². The summed E-state index contributed by atoms with van der Waals surface area (Å²) in [7, 11) is 0. The van der Waals surface area contributed by atoms with E-state index in [0.29, 0.717) is 0 Å². The van der Waals surface area contributed by atoms with Gasteiger partial charge in [-0.05, 0) is 30.0 Å². The van der Waals surface area contributed by atoms with E-state index in [2.05, 4.69) is 64.2 Å². The zero-order valence-corrected chi connectivity index (χ0v) is 12.1. The van der Waals surface area contributed by atoms with Crippen molar-refractivity contribution in [3.05, 3.63) is 76.2 Å². The van der Waals surface area contributed by atoms with Crippen LogP contribution < -0.4 is 5.32 Å². The molecule has 0 saturated carbocycles. The van der Waals surface area contributed by atoms with Crippen LogP contribution in [0.15, 0.2) is 60.1 Å². The maximum atomic E-state index is 4.02. The van der Waals surface area contributed by atoms with Crippen molar-refractivity contribution in [1.29, 1.82) is 0 Å². The van der Waals surface area contributed by atoms with Crippen LogP contribution in [0.25, 0.3) is 0 Å². The van der Waals surface area contributed by atoms with Crippen LogP contribution in [-0.4, -0.2) is 10.2 Å². The van der Waals surface area contributed by atoms with Gasteiger partial charge in [-0.2, -0.15) is 5.10 Å². The molecule has 20 heavy (non-hydrogen) atoms. The lowest BCUT2D eigenvalue weighted by Crippen LogP contribution is -2.25. The predicted molar refractivity (Wildman–Crippen MR) is 82.7 cm³/mol. The summed E-state index contributed by atoms with van der Waals surface area (Å²) in [6, 6.07) is 17.2. The smallest absolute Gasteiger partial charge is 0.0676 e. The normalized spacial score (nSPS) is 14.1. The first-order valence-corrected chi connectivity index (χ1v) is 7.56. The monoisotopic (exact) mass is 283 g/mol. The molecule has 2 N–H and O–H groups in total. The molecule has 2 heterocycles. The molecule has 102 valence electrons. The van der Waals surface area contributed by atoms with E-state index in [0.717, 1.165) is 5.69 Å². The van der Waals surface area contributed by atoms with Crippen molar-refractivity contribution in [2.75, 3.05) is 0 Å². The maximum Gasteiger partial charge on any atom is 0.0676 e. The van der Waals surface area contributed by atoms with Crippen molar-refractivity contribution in [3.8, 4) is 0 Å². The molecule has 0 spiro atoms. The highest BCUT2D eigenvalue weighted by Crippen LogP contribution is 2.28. The molecule has 0 radical (unpaired) electrons. The van der Waals surface area contributed by atoms with Crippen LogP contribution in [0.2, 0.25) is 0 Å². The molecule has 3 nitrogen and oxygen atoms in total. The third-order valence-electron chi connectivity index (χ3n) is 3.37. The molecule has 0 aliphatic rings. The summed E-state index contributed by atoms with van der Waals surface area (Å²) in [5.41, 5.74) is 2.38. The van der Waals surface area contributed by atoms with Crippen LogP contribution in [0, 0.1) is 0 Å². The third kappa shape index (κ3) is 2.81. The van der Waals surface area contributed by atoms with Crippen molar-refractivity contribution in [1.82, 2.24) is 15.5 Å². The van der Waals surface area contributed by atoms with E-state index in [-0.39, 0.29) is 12.1 Å². The van der Waals surface area contributed by atoms with Crippen LogP contribution in [-0.2, 0) is 0 Å². The summed E-state index contributed by atoms with van der Waals surface area (Å²) >= 11 is 1.78. The van der Waals surface area contributed by atoms with Crippen molar-refractivity contribution in [3.63, 3.8) is 0 Å². The lowest BCUT2D eigenvalue weighted by molar-refractivity contribution is 0.511. The number of thiophene rings is 1. The number of hydrogen-bond donors (Lipinski definition) is 2. The van der Waals surface area contributed by atoms with Gasteiger partial charge in [0, 0.05) is 17.1 Å².